The molecule has 1 amide bonds. The number of nitrogens with one attached hydrogen (secondary N) is 2. The zero-order chi connectivity index (χ0) is 19.1. The molecule has 144 valence electrons. The van der Waals surface area contributed by atoms with Crippen LogP contribution in [-0.4, -0.2) is 37.6 Å². The molecule has 2 aromatic rings. The summed E-state index contributed by atoms with van der Waals surface area (Å²) in [4.78, 5) is 16.7. The Balaban J connectivity index is 1.68. The van der Waals surface area contributed by atoms with Gasteiger partial charge < -0.3 is 20.1 Å². The lowest BCUT2D eigenvalue weighted by atomic mass is 9.99. The van der Waals surface area contributed by atoms with Crippen LogP contribution in [0.15, 0.2) is 18.2 Å². The highest BCUT2D eigenvalue weighted by Gasteiger charge is 2.34. The van der Waals surface area contributed by atoms with Crippen molar-refractivity contribution in [2.45, 2.75) is 39.0 Å². The second-order valence-electron chi connectivity index (χ2n) is 7.18. The van der Waals surface area contributed by atoms with Gasteiger partial charge in [-0.2, -0.15) is 0 Å². The van der Waals surface area contributed by atoms with Crippen molar-refractivity contribution in [3.05, 3.63) is 39.8 Å². The first kappa shape index (κ1) is 18.1. The Bertz CT molecular complexity index is 878. The van der Waals surface area contributed by atoms with Gasteiger partial charge in [-0.3, -0.25) is 9.69 Å². The van der Waals surface area contributed by atoms with Gasteiger partial charge in [-0.15, -0.1) is 11.3 Å². The first-order valence-corrected chi connectivity index (χ1v) is 10.0. The number of benzene rings is 1. The molecule has 0 saturated carbocycles. The second-order valence-corrected chi connectivity index (χ2v) is 8.29. The minimum Gasteiger partial charge on any atom is -0.497 e. The van der Waals surface area contributed by atoms with E-state index < -0.39 is 0 Å². The molecule has 2 aliphatic heterocycles. The summed E-state index contributed by atoms with van der Waals surface area (Å²) in [5.41, 5.74) is 2.87. The summed E-state index contributed by atoms with van der Waals surface area (Å²) in [5.74, 6) is 1.42. The number of anilines is 1. The molecule has 0 fully saturated rings. The molecule has 27 heavy (non-hydrogen) atoms. The number of hydrogen-bond acceptors (Lipinski definition) is 6. The predicted molar refractivity (Wildman–Crippen MR) is 107 cm³/mol. The van der Waals surface area contributed by atoms with Crippen LogP contribution in [0, 0.1) is 0 Å². The Morgan fingerprint density at radius 3 is 2.74 bits per heavy atom. The highest BCUT2D eigenvalue weighted by atomic mass is 32.1. The summed E-state index contributed by atoms with van der Waals surface area (Å²) in [7, 11) is 3.26. The van der Waals surface area contributed by atoms with Crippen molar-refractivity contribution in [2.75, 3.05) is 26.1 Å². The number of fused-ring (bicyclic) bond motifs is 3. The molecule has 2 aliphatic rings. The molecule has 1 aromatic heterocycles. The van der Waals surface area contributed by atoms with Crippen LogP contribution in [0.1, 0.15) is 46.4 Å². The Hall–Kier alpha value is -2.25. The van der Waals surface area contributed by atoms with Crippen molar-refractivity contribution in [3.8, 4) is 11.5 Å². The molecular formula is C20H25N3O3S. The van der Waals surface area contributed by atoms with E-state index >= 15 is 0 Å². The summed E-state index contributed by atoms with van der Waals surface area (Å²) in [6.07, 6.45) is 0.568. The average Bonchev–Trinajstić information content (AvgIpc) is 3.05. The van der Waals surface area contributed by atoms with Gasteiger partial charge in [0.15, 0.2) is 0 Å². The molecule has 0 bridgehead atoms. The van der Waals surface area contributed by atoms with Crippen molar-refractivity contribution in [2.24, 2.45) is 0 Å². The lowest BCUT2D eigenvalue weighted by Crippen LogP contribution is -2.39. The Morgan fingerprint density at radius 2 is 2.04 bits per heavy atom. The van der Waals surface area contributed by atoms with Crippen molar-refractivity contribution >= 4 is 22.2 Å². The van der Waals surface area contributed by atoms with Gasteiger partial charge in [-0.05, 0) is 44.0 Å². The van der Waals surface area contributed by atoms with E-state index in [9.17, 15) is 4.79 Å². The van der Waals surface area contributed by atoms with Crippen molar-refractivity contribution in [1.82, 2.24) is 10.2 Å². The van der Waals surface area contributed by atoms with Gasteiger partial charge in [0.25, 0.3) is 5.91 Å². The standard InChI is InChI=1S/C20H25N3O3S/c1-11(2)23-8-7-13-16(10-23)27-20-17(13)19(24)21-18(22-20)14-9-12(25-3)5-6-15(14)26-4/h5-6,9,11,18,22H,7-8,10H2,1-4H3,(H,21,24)/t18-/m0/s1. The molecule has 2 N–H and O–H groups in total. The fourth-order valence-electron chi connectivity index (χ4n) is 3.80. The fourth-order valence-corrected chi connectivity index (χ4v) is 5.10. The minimum absolute atomic E-state index is 0.0193. The summed E-state index contributed by atoms with van der Waals surface area (Å²) in [5, 5.41) is 7.54. The monoisotopic (exact) mass is 387 g/mol. The maximum atomic E-state index is 12.9. The molecule has 1 atom stereocenters. The largest absolute Gasteiger partial charge is 0.497 e. The fraction of sp³-hybridized carbons (Fsp3) is 0.450. The van der Waals surface area contributed by atoms with Gasteiger partial charge in [-0.1, -0.05) is 0 Å². The van der Waals surface area contributed by atoms with Crippen LogP contribution in [0.3, 0.4) is 0 Å². The predicted octanol–water partition coefficient (Wildman–Crippen LogP) is 3.39. The quantitative estimate of drug-likeness (QED) is 0.842. The molecular weight excluding hydrogens is 362 g/mol. The number of amides is 1. The molecule has 1 aromatic carbocycles. The first-order valence-electron chi connectivity index (χ1n) is 9.19. The van der Waals surface area contributed by atoms with Crippen LogP contribution in [-0.2, 0) is 13.0 Å². The molecule has 0 spiro atoms. The summed E-state index contributed by atoms with van der Waals surface area (Å²) >= 11 is 1.70. The summed E-state index contributed by atoms with van der Waals surface area (Å²) in [6.45, 7) is 6.34. The van der Waals surface area contributed by atoms with Crippen LogP contribution < -0.4 is 20.1 Å². The van der Waals surface area contributed by atoms with Crippen LogP contribution in [0.5, 0.6) is 11.5 Å². The van der Waals surface area contributed by atoms with E-state index in [1.54, 1.807) is 25.6 Å². The number of rotatable bonds is 4. The molecule has 0 aliphatic carbocycles. The third-order valence-electron chi connectivity index (χ3n) is 5.34. The molecule has 0 radical (unpaired) electrons. The Labute approximate surface area is 163 Å². The topological polar surface area (TPSA) is 62.8 Å². The van der Waals surface area contributed by atoms with Gasteiger partial charge in [0, 0.05) is 29.6 Å². The van der Waals surface area contributed by atoms with Gasteiger partial charge in [0.2, 0.25) is 0 Å². The van der Waals surface area contributed by atoms with Gasteiger partial charge >= 0.3 is 0 Å². The first-order chi connectivity index (χ1) is 13.0. The highest BCUT2D eigenvalue weighted by Crippen LogP contribution is 2.42. The second kappa shape index (κ2) is 7.05. The van der Waals surface area contributed by atoms with Gasteiger partial charge in [0.05, 0.1) is 19.8 Å². The smallest absolute Gasteiger partial charge is 0.256 e. The highest BCUT2D eigenvalue weighted by molar-refractivity contribution is 7.16. The van der Waals surface area contributed by atoms with E-state index in [4.69, 9.17) is 9.47 Å². The lowest BCUT2D eigenvalue weighted by molar-refractivity contribution is 0.0934. The van der Waals surface area contributed by atoms with Crippen molar-refractivity contribution in [1.29, 1.82) is 0 Å². The summed E-state index contributed by atoms with van der Waals surface area (Å²) < 4.78 is 10.8. The molecule has 4 rings (SSSR count). The minimum atomic E-state index is -0.351. The van der Waals surface area contributed by atoms with Crippen LogP contribution in [0.25, 0.3) is 0 Å². The average molecular weight is 388 g/mol. The number of nitrogens with zero attached hydrogens (tertiary/aromatic N) is 1. The Kier molecular flexibility index (Phi) is 4.74. The molecule has 3 heterocycles. The molecule has 0 saturated heterocycles. The van der Waals surface area contributed by atoms with E-state index in [2.05, 4.69) is 29.4 Å². The van der Waals surface area contributed by atoms with Crippen LogP contribution >= 0.6 is 11.3 Å². The third kappa shape index (κ3) is 3.15. The molecule has 7 heteroatoms. The number of ether oxygens (including phenoxy) is 2. The molecule has 0 unspecified atom stereocenters. The number of carbonyl (C=O) groups excluding carboxylic acids is 1. The van der Waals surface area contributed by atoms with Crippen molar-refractivity contribution < 1.29 is 14.3 Å². The normalized spacial score (nSPS) is 19.1. The van der Waals surface area contributed by atoms with E-state index in [1.165, 1.54) is 10.4 Å². The van der Waals surface area contributed by atoms with Crippen molar-refractivity contribution in [3.63, 3.8) is 0 Å². The number of hydrogen-bond donors (Lipinski definition) is 2. The van der Waals surface area contributed by atoms with Gasteiger partial charge in [0.1, 0.15) is 22.7 Å². The number of carbonyl (C=O) groups is 1. The van der Waals surface area contributed by atoms with Crippen LogP contribution in [0.2, 0.25) is 0 Å². The van der Waals surface area contributed by atoms with E-state index in [0.717, 1.165) is 41.4 Å². The zero-order valence-electron chi connectivity index (χ0n) is 16.1. The number of thiophene rings is 1. The maximum Gasteiger partial charge on any atom is 0.256 e. The van der Waals surface area contributed by atoms with Gasteiger partial charge in [-0.25, -0.2) is 0 Å². The SMILES string of the molecule is COc1ccc(OC)c([C@H]2NC(=O)c3c(sc4c3CCN(C(C)C)C4)N2)c1. The number of methoxy groups -OCH3 is 2. The third-order valence-corrected chi connectivity index (χ3v) is 6.49. The van der Waals surface area contributed by atoms with E-state index in [1.807, 2.05) is 18.2 Å². The zero-order valence-corrected chi connectivity index (χ0v) is 16.9. The van der Waals surface area contributed by atoms with Crippen LogP contribution in [0.4, 0.5) is 5.00 Å². The lowest BCUT2D eigenvalue weighted by Gasteiger charge is -2.31. The Morgan fingerprint density at radius 1 is 1.22 bits per heavy atom. The molecule has 6 nitrogen and oxygen atoms in total. The summed E-state index contributed by atoms with van der Waals surface area (Å²) in [6, 6.07) is 6.11. The van der Waals surface area contributed by atoms with E-state index in [-0.39, 0.29) is 12.1 Å². The maximum absolute atomic E-state index is 12.9. The van der Waals surface area contributed by atoms with E-state index in [0.29, 0.717) is 11.8 Å².